The van der Waals surface area contributed by atoms with Gasteiger partial charge in [0.1, 0.15) is 11.1 Å². The summed E-state index contributed by atoms with van der Waals surface area (Å²) in [7, 11) is 0. The summed E-state index contributed by atoms with van der Waals surface area (Å²) in [5, 5.41) is 0. The molecule has 0 N–H and O–H groups in total. The van der Waals surface area contributed by atoms with E-state index in [1.807, 2.05) is 56.7 Å². The number of alkyl halides is 1. The largest absolute Gasteiger partial charge is 0.457 e. The van der Waals surface area contributed by atoms with Crippen LogP contribution in [0.25, 0.3) is 22.9 Å². The van der Waals surface area contributed by atoms with E-state index in [4.69, 9.17) is 25.5 Å². The van der Waals surface area contributed by atoms with Crippen LogP contribution in [0, 0.1) is 12.3 Å². The number of benzene rings is 1. The summed E-state index contributed by atoms with van der Waals surface area (Å²) in [5.74, 6) is 0.0423. The van der Waals surface area contributed by atoms with Crippen LogP contribution in [0.15, 0.2) is 41.0 Å². The van der Waals surface area contributed by atoms with Gasteiger partial charge >= 0.3 is 5.97 Å². The van der Waals surface area contributed by atoms with Gasteiger partial charge in [0, 0.05) is 28.6 Å². The molecule has 1 aromatic carbocycles. The SMILES string of the molecule is Cc1cn(-c2ccc(C=C(CC3(CCl)COC3)C(=O)OC(C)(C)C)c3ncoc23)cn1. The normalized spacial score (nSPS) is 16.4. The molecule has 7 nitrogen and oxygen atoms in total. The number of halogens is 1. The van der Waals surface area contributed by atoms with Crippen LogP contribution in [0.1, 0.15) is 38.4 Å². The molecule has 0 bridgehead atoms. The molecule has 0 atom stereocenters. The molecular formula is C23H26ClN3O4. The Morgan fingerprint density at radius 1 is 1.32 bits per heavy atom. The van der Waals surface area contributed by atoms with Gasteiger partial charge in [-0.3, -0.25) is 0 Å². The number of nitrogens with zero attached hydrogens (tertiary/aromatic N) is 3. The second-order valence-corrected chi connectivity index (χ2v) is 9.37. The summed E-state index contributed by atoms with van der Waals surface area (Å²) >= 11 is 6.22. The van der Waals surface area contributed by atoms with E-state index < -0.39 is 5.60 Å². The molecule has 0 aliphatic carbocycles. The van der Waals surface area contributed by atoms with E-state index in [-0.39, 0.29) is 11.4 Å². The summed E-state index contributed by atoms with van der Waals surface area (Å²) in [6, 6.07) is 3.85. The molecule has 1 aliphatic rings. The molecule has 164 valence electrons. The fourth-order valence-electron chi connectivity index (χ4n) is 3.56. The van der Waals surface area contributed by atoms with Crippen LogP contribution in [-0.2, 0) is 14.3 Å². The Labute approximate surface area is 186 Å². The highest BCUT2D eigenvalue weighted by Gasteiger charge is 2.40. The van der Waals surface area contributed by atoms with Crippen molar-refractivity contribution < 1.29 is 18.7 Å². The maximum atomic E-state index is 13.0. The maximum Gasteiger partial charge on any atom is 0.334 e. The fraction of sp³-hybridized carbons (Fsp3) is 0.435. The molecule has 0 unspecified atom stereocenters. The van der Waals surface area contributed by atoms with Crippen molar-refractivity contribution in [2.45, 2.75) is 39.7 Å². The van der Waals surface area contributed by atoms with E-state index >= 15 is 0 Å². The maximum absolute atomic E-state index is 13.0. The molecule has 0 spiro atoms. The van der Waals surface area contributed by atoms with Gasteiger partial charge in [0.05, 0.1) is 30.9 Å². The van der Waals surface area contributed by atoms with Crippen molar-refractivity contribution in [3.05, 3.63) is 47.9 Å². The highest BCUT2D eigenvalue weighted by molar-refractivity contribution is 6.18. The smallest absolute Gasteiger partial charge is 0.334 e. The van der Waals surface area contributed by atoms with Crippen molar-refractivity contribution in [2.75, 3.05) is 19.1 Å². The minimum Gasteiger partial charge on any atom is -0.457 e. The molecule has 8 heteroatoms. The van der Waals surface area contributed by atoms with E-state index in [0.29, 0.717) is 42.2 Å². The first-order chi connectivity index (χ1) is 14.7. The molecule has 0 amide bonds. The Morgan fingerprint density at radius 3 is 2.68 bits per heavy atom. The van der Waals surface area contributed by atoms with E-state index in [2.05, 4.69) is 9.97 Å². The van der Waals surface area contributed by atoms with Crippen LogP contribution in [0.5, 0.6) is 0 Å². The summed E-state index contributed by atoms with van der Waals surface area (Å²) < 4.78 is 18.6. The van der Waals surface area contributed by atoms with Crippen molar-refractivity contribution in [3.8, 4) is 5.69 Å². The molecule has 1 fully saturated rings. The number of esters is 1. The first-order valence-electron chi connectivity index (χ1n) is 10.1. The topological polar surface area (TPSA) is 79.4 Å². The van der Waals surface area contributed by atoms with E-state index in [9.17, 15) is 4.79 Å². The lowest BCUT2D eigenvalue weighted by Crippen LogP contribution is -2.45. The van der Waals surface area contributed by atoms with Gasteiger partial charge in [-0.1, -0.05) is 6.07 Å². The number of carbonyl (C=O) groups is 1. The van der Waals surface area contributed by atoms with Crippen LogP contribution in [0.2, 0.25) is 0 Å². The number of aryl methyl sites for hydroxylation is 1. The predicted molar refractivity (Wildman–Crippen MR) is 118 cm³/mol. The van der Waals surface area contributed by atoms with Crippen molar-refractivity contribution in [1.82, 2.24) is 14.5 Å². The summed E-state index contributed by atoms with van der Waals surface area (Å²) in [6.45, 7) is 8.52. The monoisotopic (exact) mass is 443 g/mol. The number of ether oxygens (including phenoxy) is 2. The number of imidazole rings is 1. The number of fused-ring (bicyclic) bond motifs is 1. The molecule has 31 heavy (non-hydrogen) atoms. The first kappa shape index (κ1) is 21.6. The number of rotatable bonds is 6. The van der Waals surface area contributed by atoms with Crippen molar-refractivity contribution >= 4 is 34.7 Å². The molecule has 1 aliphatic heterocycles. The first-order valence-corrected chi connectivity index (χ1v) is 10.7. The summed E-state index contributed by atoms with van der Waals surface area (Å²) in [5.41, 5.74) is 3.45. The Hall–Kier alpha value is -2.64. The van der Waals surface area contributed by atoms with E-state index in [1.54, 1.807) is 6.33 Å². The highest BCUT2D eigenvalue weighted by atomic mass is 35.5. The third-order valence-electron chi connectivity index (χ3n) is 5.14. The van der Waals surface area contributed by atoms with Crippen molar-refractivity contribution in [2.24, 2.45) is 5.41 Å². The zero-order valence-electron chi connectivity index (χ0n) is 18.1. The standard InChI is InChI=1S/C23H26ClN3O4/c1-15-9-27(13-25-15)18-6-5-16(19-20(18)30-14-26-19)7-17(21(28)31-22(2,3)4)8-23(10-24)11-29-12-23/h5-7,9,13-14H,8,10-12H2,1-4H3. The minimum atomic E-state index is -0.604. The second kappa shape index (κ2) is 8.13. The van der Waals surface area contributed by atoms with Gasteiger partial charge < -0.3 is 18.5 Å². The molecule has 2 aromatic heterocycles. The van der Waals surface area contributed by atoms with Gasteiger partial charge in [0.15, 0.2) is 12.0 Å². The Kier molecular flexibility index (Phi) is 5.66. The summed E-state index contributed by atoms with van der Waals surface area (Å²) in [4.78, 5) is 21.7. The van der Waals surface area contributed by atoms with Crippen LogP contribution in [-0.4, -0.2) is 45.2 Å². The average molecular weight is 444 g/mol. The van der Waals surface area contributed by atoms with E-state index in [1.165, 1.54) is 6.39 Å². The highest BCUT2D eigenvalue weighted by Crippen LogP contribution is 2.37. The molecule has 4 rings (SSSR count). The second-order valence-electron chi connectivity index (χ2n) is 9.10. The average Bonchev–Trinajstić information content (AvgIpc) is 3.31. The predicted octanol–water partition coefficient (Wildman–Crippen LogP) is 4.69. The van der Waals surface area contributed by atoms with Gasteiger partial charge in [0.2, 0.25) is 0 Å². The van der Waals surface area contributed by atoms with Gasteiger partial charge in [-0.25, -0.2) is 14.8 Å². The zero-order chi connectivity index (χ0) is 22.2. The quantitative estimate of drug-likeness (QED) is 0.312. The number of oxazole rings is 1. The molecule has 0 radical (unpaired) electrons. The zero-order valence-corrected chi connectivity index (χ0v) is 18.9. The molecule has 1 saturated heterocycles. The lowest BCUT2D eigenvalue weighted by molar-refractivity contribution is -0.151. The molecular weight excluding hydrogens is 418 g/mol. The van der Waals surface area contributed by atoms with Crippen molar-refractivity contribution in [3.63, 3.8) is 0 Å². The molecule has 0 saturated carbocycles. The Bertz CT molecular complexity index is 1130. The Morgan fingerprint density at radius 2 is 2.10 bits per heavy atom. The molecule has 3 aromatic rings. The van der Waals surface area contributed by atoms with E-state index in [0.717, 1.165) is 16.9 Å². The minimum absolute atomic E-state index is 0.262. The third-order valence-corrected chi connectivity index (χ3v) is 5.71. The van der Waals surface area contributed by atoms with Crippen LogP contribution < -0.4 is 0 Å². The van der Waals surface area contributed by atoms with Crippen LogP contribution in [0.3, 0.4) is 0 Å². The van der Waals surface area contributed by atoms with Gasteiger partial charge in [-0.15, -0.1) is 11.6 Å². The van der Waals surface area contributed by atoms with Gasteiger partial charge in [0.25, 0.3) is 0 Å². The number of hydrogen-bond acceptors (Lipinski definition) is 6. The number of hydrogen-bond donors (Lipinski definition) is 0. The van der Waals surface area contributed by atoms with Crippen LogP contribution in [0.4, 0.5) is 0 Å². The number of carbonyl (C=O) groups excluding carboxylic acids is 1. The molecule has 3 heterocycles. The fourth-order valence-corrected chi connectivity index (χ4v) is 3.81. The van der Waals surface area contributed by atoms with Gasteiger partial charge in [-0.2, -0.15) is 0 Å². The van der Waals surface area contributed by atoms with Gasteiger partial charge in [-0.05, 0) is 46.3 Å². The lowest BCUT2D eigenvalue weighted by atomic mass is 9.81. The lowest BCUT2D eigenvalue weighted by Gasteiger charge is -2.40. The number of aromatic nitrogens is 3. The Balaban J connectivity index is 1.76. The summed E-state index contributed by atoms with van der Waals surface area (Å²) in [6.07, 6.45) is 7.35. The third kappa shape index (κ3) is 4.52. The van der Waals surface area contributed by atoms with Crippen LogP contribution >= 0.6 is 11.6 Å². The van der Waals surface area contributed by atoms with Crippen molar-refractivity contribution in [1.29, 1.82) is 0 Å².